The molecule has 0 bridgehead atoms. The number of carbonyl (C=O) groups excluding carboxylic acids is 1. The molecule has 0 saturated heterocycles. The Balaban J connectivity index is 1.71. The van der Waals surface area contributed by atoms with Gasteiger partial charge in [0, 0.05) is 17.0 Å². The Morgan fingerprint density at radius 3 is 3.10 bits per heavy atom. The first-order chi connectivity index (χ1) is 9.74. The van der Waals surface area contributed by atoms with Gasteiger partial charge in [-0.1, -0.05) is 29.9 Å². The molecule has 0 aromatic carbocycles. The molecule has 1 aromatic rings. The summed E-state index contributed by atoms with van der Waals surface area (Å²) < 4.78 is 0. The zero-order valence-corrected chi connectivity index (χ0v) is 12.7. The Morgan fingerprint density at radius 2 is 2.40 bits per heavy atom. The lowest BCUT2D eigenvalue weighted by Crippen LogP contribution is -2.31. The molecule has 0 aliphatic heterocycles. The van der Waals surface area contributed by atoms with Crippen LogP contribution in [0.25, 0.3) is 6.08 Å². The Bertz CT molecular complexity index is 511. The molecule has 1 aliphatic carbocycles. The molecule has 0 fully saturated rings. The van der Waals surface area contributed by atoms with Gasteiger partial charge in [-0.3, -0.25) is 4.79 Å². The van der Waals surface area contributed by atoms with Gasteiger partial charge < -0.3 is 5.32 Å². The fraction of sp³-hybridized carbons (Fsp3) is 0.353. The molecule has 1 amide bonds. The van der Waals surface area contributed by atoms with Crippen LogP contribution in [0.5, 0.6) is 0 Å². The number of thiophene rings is 1. The van der Waals surface area contributed by atoms with E-state index in [4.69, 9.17) is 0 Å². The number of amides is 1. The van der Waals surface area contributed by atoms with Crippen LogP contribution >= 0.6 is 11.3 Å². The fourth-order valence-corrected chi connectivity index (χ4v) is 2.76. The Hall–Kier alpha value is -1.61. The maximum atomic E-state index is 11.8. The maximum Gasteiger partial charge on any atom is 0.244 e. The first-order valence-corrected chi connectivity index (χ1v) is 7.99. The molecule has 0 spiro atoms. The molecule has 0 radical (unpaired) electrons. The van der Waals surface area contributed by atoms with Gasteiger partial charge >= 0.3 is 0 Å². The average Bonchev–Trinajstić information content (AvgIpc) is 2.97. The van der Waals surface area contributed by atoms with E-state index in [0.717, 1.165) is 30.6 Å². The van der Waals surface area contributed by atoms with Crippen LogP contribution in [-0.4, -0.2) is 11.9 Å². The van der Waals surface area contributed by atoms with Crippen molar-refractivity contribution in [1.82, 2.24) is 5.32 Å². The van der Waals surface area contributed by atoms with E-state index in [-0.39, 0.29) is 11.9 Å². The molecule has 2 nitrogen and oxygen atoms in total. The molecule has 1 heterocycles. The predicted octanol–water partition coefficient (Wildman–Crippen LogP) is 4.32. The van der Waals surface area contributed by atoms with Gasteiger partial charge in [-0.2, -0.15) is 0 Å². The van der Waals surface area contributed by atoms with Gasteiger partial charge in [0.05, 0.1) is 0 Å². The molecular formula is C17H21NOS. The van der Waals surface area contributed by atoms with E-state index in [1.165, 1.54) is 5.57 Å². The van der Waals surface area contributed by atoms with Crippen molar-refractivity contribution in [3.8, 4) is 0 Å². The van der Waals surface area contributed by atoms with Crippen molar-refractivity contribution in [2.75, 3.05) is 0 Å². The molecule has 1 unspecified atom stereocenters. The van der Waals surface area contributed by atoms with Gasteiger partial charge in [0.1, 0.15) is 0 Å². The summed E-state index contributed by atoms with van der Waals surface area (Å²) >= 11 is 1.63. The Morgan fingerprint density at radius 1 is 1.50 bits per heavy atom. The molecular weight excluding hydrogens is 266 g/mol. The molecule has 0 saturated carbocycles. The number of allylic oxidation sites excluding steroid dienone is 4. The molecule has 1 N–H and O–H groups in total. The van der Waals surface area contributed by atoms with Gasteiger partial charge in [0.25, 0.3) is 0 Å². The molecule has 20 heavy (non-hydrogen) atoms. The first kappa shape index (κ1) is 14.8. The second kappa shape index (κ2) is 7.85. The van der Waals surface area contributed by atoms with E-state index in [9.17, 15) is 4.79 Å². The van der Waals surface area contributed by atoms with Gasteiger partial charge in [0.2, 0.25) is 5.91 Å². The maximum absolute atomic E-state index is 11.8. The molecule has 1 aromatic heterocycles. The van der Waals surface area contributed by atoms with E-state index in [2.05, 4.69) is 30.5 Å². The van der Waals surface area contributed by atoms with E-state index >= 15 is 0 Å². The van der Waals surface area contributed by atoms with Crippen LogP contribution in [0.1, 0.15) is 37.5 Å². The van der Waals surface area contributed by atoms with Gasteiger partial charge in [0.15, 0.2) is 0 Å². The minimum atomic E-state index is -0.0148. The minimum absolute atomic E-state index is 0.0148. The molecule has 1 aliphatic rings. The number of hydrogen-bond donors (Lipinski definition) is 1. The highest BCUT2D eigenvalue weighted by atomic mass is 32.1. The summed E-state index contributed by atoms with van der Waals surface area (Å²) in [7, 11) is 0. The van der Waals surface area contributed by atoms with Crippen molar-refractivity contribution in [1.29, 1.82) is 0 Å². The van der Waals surface area contributed by atoms with Crippen LogP contribution in [0.15, 0.2) is 47.4 Å². The minimum Gasteiger partial charge on any atom is -0.350 e. The quantitative estimate of drug-likeness (QED) is 0.776. The van der Waals surface area contributed by atoms with E-state index in [0.29, 0.717) is 0 Å². The standard InChI is InChI=1S/C17H21NOS/c1-14(9-10-15-6-3-2-4-7-15)18-17(19)12-11-16-8-5-13-20-16/h3,5-8,11-14H,2,4,9-10H2,1H3,(H,18,19)/b12-11+. The average molecular weight is 287 g/mol. The molecule has 2 rings (SSSR count). The van der Waals surface area contributed by atoms with Crippen molar-refractivity contribution >= 4 is 23.3 Å². The lowest BCUT2D eigenvalue weighted by atomic mass is 10.0. The molecule has 1 atom stereocenters. The summed E-state index contributed by atoms with van der Waals surface area (Å²) in [4.78, 5) is 12.9. The second-order valence-corrected chi connectivity index (χ2v) is 6.04. The lowest BCUT2D eigenvalue weighted by Gasteiger charge is -2.13. The third-order valence-corrected chi connectivity index (χ3v) is 4.11. The second-order valence-electron chi connectivity index (χ2n) is 5.06. The normalized spacial score (nSPS) is 16.1. The number of nitrogens with one attached hydrogen (secondary N) is 1. The topological polar surface area (TPSA) is 29.1 Å². The first-order valence-electron chi connectivity index (χ1n) is 7.11. The van der Waals surface area contributed by atoms with Gasteiger partial charge in [-0.05, 0) is 50.1 Å². The molecule has 3 heteroatoms. The van der Waals surface area contributed by atoms with Crippen LogP contribution in [0.3, 0.4) is 0 Å². The SMILES string of the molecule is CC(CCC1=CCCC=C1)NC(=O)/C=C/c1cccs1. The van der Waals surface area contributed by atoms with Crippen LogP contribution in [0, 0.1) is 0 Å². The van der Waals surface area contributed by atoms with E-state index < -0.39 is 0 Å². The van der Waals surface area contributed by atoms with Crippen molar-refractivity contribution in [3.63, 3.8) is 0 Å². The van der Waals surface area contributed by atoms with Crippen molar-refractivity contribution < 1.29 is 4.79 Å². The van der Waals surface area contributed by atoms with Crippen LogP contribution in [-0.2, 0) is 4.79 Å². The predicted molar refractivity (Wildman–Crippen MR) is 86.6 cm³/mol. The summed E-state index contributed by atoms with van der Waals surface area (Å²) in [6.45, 7) is 2.06. The largest absolute Gasteiger partial charge is 0.350 e. The third kappa shape index (κ3) is 5.17. The van der Waals surface area contributed by atoms with Crippen LogP contribution < -0.4 is 5.32 Å². The zero-order valence-electron chi connectivity index (χ0n) is 11.8. The van der Waals surface area contributed by atoms with Crippen LogP contribution in [0.2, 0.25) is 0 Å². The summed E-state index contributed by atoms with van der Waals surface area (Å²) in [5.41, 5.74) is 1.39. The zero-order chi connectivity index (χ0) is 14.2. The third-order valence-electron chi connectivity index (χ3n) is 3.27. The summed E-state index contributed by atoms with van der Waals surface area (Å²) in [6.07, 6.45) is 14.5. The lowest BCUT2D eigenvalue weighted by molar-refractivity contribution is -0.117. The summed E-state index contributed by atoms with van der Waals surface area (Å²) in [5, 5.41) is 5.02. The number of hydrogen-bond acceptors (Lipinski definition) is 2. The summed E-state index contributed by atoms with van der Waals surface area (Å²) in [5.74, 6) is -0.0148. The van der Waals surface area contributed by atoms with E-state index in [1.54, 1.807) is 17.4 Å². The van der Waals surface area contributed by atoms with Crippen molar-refractivity contribution in [2.45, 2.75) is 38.6 Å². The number of carbonyl (C=O) groups is 1. The Labute approximate surface area is 124 Å². The van der Waals surface area contributed by atoms with Gasteiger partial charge in [-0.25, -0.2) is 0 Å². The fourth-order valence-electron chi connectivity index (χ4n) is 2.14. The van der Waals surface area contributed by atoms with Crippen molar-refractivity contribution in [3.05, 3.63) is 52.3 Å². The van der Waals surface area contributed by atoms with E-state index in [1.807, 2.05) is 23.6 Å². The molecule has 106 valence electrons. The summed E-state index contributed by atoms with van der Waals surface area (Å²) in [6, 6.07) is 4.18. The number of rotatable bonds is 6. The van der Waals surface area contributed by atoms with Crippen molar-refractivity contribution in [2.24, 2.45) is 0 Å². The smallest absolute Gasteiger partial charge is 0.244 e. The van der Waals surface area contributed by atoms with Crippen LogP contribution in [0.4, 0.5) is 0 Å². The highest BCUT2D eigenvalue weighted by molar-refractivity contribution is 7.10. The highest BCUT2D eigenvalue weighted by Crippen LogP contribution is 2.15. The highest BCUT2D eigenvalue weighted by Gasteiger charge is 2.06. The Kier molecular flexibility index (Phi) is 5.81. The monoisotopic (exact) mass is 287 g/mol. The van der Waals surface area contributed by atoms with Gasteiger partial charge in [-0.15, -0.1) is 11.3 Å².